The molecule has 0 aliphatic heterocycles. The SMILES string of the molecule is CCCCS(=O)(=O)N[C@@H](C)C(=O)OCc1nc(-c2cccc(Cl)c2)no1. The molecule has 1 aromatic carbocycles. The minimum atomic E-state index is -3.52. The molecule has 2 aromatic rings. The molecule has 1 aromatic heterocycles. The van der Waals surface area contributed by atoms with Gasteiger partial charge in [0.1, 0.15) is 6.04 Å². The van der Waals surface area contributed by atoms with Gasteiger partial charge in [-0.3, -0.25) is 4.79 Å². The van der Waals surface area contributed by atoms with Crippen LogP contribution in [0.5, 0.6) is 0 Å². The fourth-order valence-electron chi connectivity index (χ4n) is 2.03. The first-order chi connectivity index (χ1) is 12.3. The number of unbranched alkanes of at least 4 members (excludes halogenated alkanes) is 1. The highest BCUT2D eigenvalue weighted by molar-refractivity contribution is 7.89. The molecule has 0 radical (unpaired) electrons. The number of benzene rings is 1. The number of halogens is 1. The van der Waals surface area contributed by atoms with Crippen molar-refractivity contribution in [2.24, 2.45) is 0 Å². The average Bonchev–Trinajstić information content (AvgIpc) is 3.06. The standard InChI is InChI=1S/C16H20ClN3O5S/c1-3-4-8-26(22,23)20-11(2)16(21)24-10-14-18-15(19-25-14)12-6-5-7-13(17)9-12/h5-7,9,11,20H,3-4,8,10H2,1-2H3/t11-/m0/s1. The zero-order chi connectivity index (χ0) is 19.2. The molecule has 0 saturated carbocycles. The molecule has 26 heavy (non-hydrogen) atoms. The summed E-state index contributed by atoms with van der Waals surface area (Å²) in [5, 5.41) is 4.33. The summed E-state index contributed by atoms with van der Waals surface area (Å²) < 4.78 is 35.9. The second-order valence-electron chi connectivity index (χ2n) is 5.64. The Balaban J connectivity index is 1.89. The van der Waals surface area contributed by atoms with Crippen LogP contribution in [0.4, 0.5) is 0 Å². The number of esters is 1. The molecular weight excluding hydrogens is 382 g/mol. The summed E-state index contributed by atoms with van der Waals surface area (Å²) in [6, 6.07) is 5.90. The summed E-state index contributed by atoms with van der Waals surface area (Å²) in [7, 11) is -3.52. The lowest BCUT2D eigenvalue weighted by Gasteiger charge is -2.12. The molecule has 142 valence electrons. The Kier molecular flexibility index (Phi) is 7.13. The highest BCUT2D eigenvalue weighted by Crippen LogP contribution is 2.20. The van der Waals surface area contributed by atoms with Crippen molar-refractivity contribution in [3.8, 4) is 11.4 Å². The van der Waals surface area contributed by atoms with Crippen LogP contribution >= 0.6 is 11.6 Å². The van der Waals surface area contributed by atoms with Gasteiger partial charge in [0.2, 0.25) is 15.8 Å². The van der Waals surface area contributed by atoms with Crippen LogP contribution in [-0.2, 0) is 26.2 Å². The van der Waals surface area contributed by atoms with Crippen molar-refractivity contribution in [3.63, 3.8) is 0 Å². The highest BCUT2D eigenvalue weighted by atomic mass is 35.5. The third-order valence-corrected chi connectivity index (χ3v) is 5.14. The van der Waals surface area contributed by atoms with E-state index in [2.05, 4.69) is 14.9 Å². The number of aromatic nitrogens is 2. The van der Waals surface area contributed by atoms with Crippen LogP contribution in [0.2, 0.25) is 5.02 Å². The van der Waals surface area contributed by atoms with Gasteiger partial charge >= 0.3 is 5.97 Å². The molecule has 0 bridgehead atoms. The molecule has 1 atom stereocenters. The number of nitrogens with one attached hydrogen (secondary N) is 1. The number of hydrogen-bond donors (Lipinski definition) is 1. The molecule has 0 unspecified atom stereocenters. The quantitative estimate of drug-likeness (QED) is 0.642. The first-order valence-corrected chi connectivity index (χ1v) is 10.1. The lowest BCUT2D eigenvalue weighted by molar-refractivity contribution is -0.147. The average molecular weight is 402 g/mol. The van der Waals surface area contributed by atoms with Crippen LogP contribution in [0.3, 0.4) is 0 Å². The largest absolute Gasteiger partial charge is 0.454 e. The second kappa shape index (κ2) is 9.11. The number of carbonyl (C=O) groups is 1. The van der Waals surface area contributed by atoms with E-state index in [9.17, 15) is 13.2 Å². The van der Waals surface area contributed by atoms with Crippen molar-refractivity contribution in [1.82, 2.24) is 14.9 Å². The third kappa shape index (κ3) is 6.08. The van der Waals surface area contributed by atoms with Crippen molar-refractivity contribution in [1.29, 1.82) is 0 Å². The molecule has 1 heterocycles. The Labute approximate surface area is 156 Å². The molecule has 0 aliphatic rings. The fraction of sp³-hybridized carbons (Fsp3) is 0.438. The van der Waals surface area contributed by atoms with E-state index in [0.717, 1.165) is 6.42 Å². The van der Waals surface area contributed by atoms with E-state index in [1.165, 1.54) is 6.92 Å². The lowest BCUT2D eigenvalue weighted by atomic mass is 10.2. The van der Waals surface area contributed by atoms with Gasteiger partial charge in [0.05, 0.1) is 5.75 Å². The fourth-order valence-corrected chi connectivity index (χ4v) is 3.64. The van der Waals surface area contributed by atoms with E-state index in [1.54, 1.807) is 24.3 Å². The van der Waals surface area contributed by atoms with Crippen molar-refractivity contribution in [2.75, 3.05) is 5.75 Å². The summed E-state index contributed by atoms with van der Waals surface area (Å²) in [4.78, 5) is 16.0. The van der Waals surface area contributed by atoms with Crippen LogP contribution in [-0.4, -0.2) is 36.3 Å². The molecule has 8 nitrogen and oxygen atoms in total. The maximum absolute atomic E-state index is 11.9. The Morgan fingerprint density at radius 2 is 2.19 bits per heavy atom. The van der Waals surface area contributed by atoms with Crippen LogP contribution in [0.15, 0.2) is 28.8 Å². The smallest absolute Gasteiger partial charge is 0.324 e. The topological polar surface area (TPSA) is 111 Å². The Hall–Kier alpha value is -1.97. The van der Waals surface area contributed by atoms with Gasteiger partial charge in [-0.2, -0.15) is 4.98 Å². The highest BCUT2D eigenvalue weighted by Gasteiger charge is 2.22. The van der Waals surface area contributed by atoms with Crippen LogP contribution in [0, 0.1) is 0 Å². The zero-order valence-corrected chi connectivity index (χ0v) is 16.0. The van der Waals surface area contributed by atoms with E-state index in [0.29, 0.717) is 22.8 Å². The van der Waals surface area contributed by atoms with Gasteiger partial charge in [0.25, 0.3) is 5.89 Å². The summed E-state index contributed by atoms with van der Waals surface area (Å²) in [5.74, 6) is -0.359. The van der Waals surface area contributed by atoms with Gasteiger partial charge in [-0.1, -0.05) is 42.2 Å². The normalized spacial score (nSPS) is 12.7. The summed E-state index contributed by atoms with van der Waals surface area (Å²) in [5.41, 5.74) is 0.663. The molecule has 10 heteroatoms. The first-order valence-electron chi connectivity index (χ1n) is 8.06. The second-order valence-corrected chi connectivity index (χ2v) is 7.95. The lowest BCUT2D eigenvalue weighted by Crippen LogP contribution is -2.40. The molecule has 0 amide bonds. The third-order valence-electron chi connectivity index (χ3n) is 3.37. The Morgan fingerprint density at radius 1 is 1.42 bits per heavy atom. The predicted octanol–water partition coefficient (Wildman–Crippen LogP) is 2.54. The van der Waals surface area contributed by atoms with Gasteiger partial charge in [0, 0.05) is 10.6 Å². The minimum Gasteiger partial charge on any atom is -0.454 e. The van der Waals surface area contributed by atoms with E-state index in [1.807, 2.05) is 6.92 Å². The zero-order valence-electron chi connectivity index (χ0n) is 14.4. The molecular formula is C16H20ClN3O5S. The molecule has 0 spiro atoms. The predicted molar refractivity (Wildman–Crippen MR) is 95.8 cm³/mol. The molecule has 0 aliphatic carbocycles. The summed E-state index contributed by atoms with van der Waals surface area (Å²) >= 11 is 5.91. The van der Waals surface area contributed by atoms with Gasteiger partial charge in [-0.25, -0.2) is 13.1 Å². The number of carbonyl (C=O) groups excluding carboxylic acids is 1. The van der Waals surface area contributed by atoms with Crippen molar-refractivity contribution < 1.29 is 22.5 Å². The van der Waals surface area contributed by atoms with Crippen LogP contribution in [0.25, 0.3) is 11.4 Å². The van der Waals surface area contributed by atoms with E-state index in [4.69, 9.17) is 20.9 Å². The Morgan fingerprint density at radius 3 is 2.88 bits per heavy atom. The number of ether oxygens (including phenoxy) is 1. The van der Waals surface area contributed by atoms with Gasteiger partial charge in [-0.05, 0) is 25.5 Å². The molecule has 0 fully saturated rings. The van der Waals surface area contributed by atoms with Crippen molar-refractivity contribution in [2.45, 2.75) is 39.3 Å². The van der Waals surface area contributed by atoms with Crippen molar-refractivity contribution >= 4 is 27.6 Å². The minimum absolute atomic E-state index is 0.0340. The first kappa shape index (κ1) is 20.3. The van der Waals surface area contributed by atoms with Gasteiger partial charge < -0.3 is 9.26 Å². The number of hydrogen-bond acceptors (Lipinski definition) is 7. The monoisotopic (exact) mass is 401 g/mol. The molecule has 1 N–H and O–H groups in total. The maximum atomic E-state index is 11.9. The van der Waals surface area contributed by atoms with Crippen LogP contribution in [0.1, 0.15) is 32.6 Å². The van der Waals surface area contributed by atoms with E-state index in [-0.39, 0.29) is 18.3 Å². The number of nitrogens with zero attached hydrogens (tertiary/aromatic N) is 2. The molecule has 2 rings (SSSR count). The number of sulfonamides is 1. The van der Waals surface area contributed by atoms with Gasteiger partial charge in [-0.15, -0.1) is 0 Å². The van der Waals surface area contributed by atoms with E-state index < -0.39 is 22.0 Å². The maximum Gasteiger partial charge on any atom is 0.324 e. The Bertz CT molecular complexity index is 853. The van der Waals surface area contributed by atoms with Crippen molar-refractivity contribution in [3.05, 3.63) is 35.2 Å². The van der Waals surface area contributed by atoms with Crippen LogP contribution < -0.4 is 4.72 Å². The summed E-state index contributed by atoms with van der Waals surface area (Å²) in [6.07, 6.45) is 1.26. The molecule has 0 saturated heterocycles. The van der Waals surface area contributed by atoms with E-state index >= 15 is 0 Å². The number of rotatable bonds is 9. The van der Waals surface area contributed by atoms with Gasteiger partial charge in [0.15, 0.2) is 6.61 Å². The summed E-state index contributed by atoms with van der Waals surface area (Å²) in [6.45, 7) is 3.04.